The maximum Gasteiger partial charge on any atom is 0.0397 e. The summed E-state index contributed by atoms with van der Waals surface area (Å²) < 4.78 is 4.81. The Bertz CT molecular complexity index is 21.5. The average molecular weight is 108 g/mol. The highest BCUT2D eigenvalue weighted by Gasteiger charge is 1.78. The molecular formula is C4H13OP. The van der Waals surface area contributed by atoms with Crippen molar-refractivity contribution in [3.63, 3.8) is 0 Å². The van der Waals surface area contributed by atoms with Gasteiger partial charge in [-0.25, -0.2) is 0 Å². The zero-order valence-electron chi connectivity index (χ0n) is 3.86. The Balaban J connectivity index is 0. The fraction of sp³-hybridized carbons (Fsp3) is 1.00. The Kier molecular flexibility index (Phi) is 8.65. The smallest absolute Gasteiger partial charge is 0.0397 e. The molecule has 0 radical (unpaired) electrons. The van der Waals surface area contributed by atoms with E-state index in [0.29, 0.717) is 0 Å². The van der Waals surface area contributed by atoms with Crippen molar-refractivity contribution >= 4 is 8.15 Å². The molecule has 0 aliphatic heterocycles. The van der Waals surface area contributed by atoms with E-state index in [4.69, 9.17) is 4.52 Å². The van der Waals surface area contributed by atoms with Gasteiger partial charge in [-0.3, -0.25) is 0 Å². The van der Waals surface area contributed by atoms with Crippen LogP contribution in [0.3, 0.4) is 0 Å². The van der Waals surface area contributed by atoms with Crippen LogP contribution in [0.2, 0.25) is 0 Å². The molecule has 0 fully saturated rings. The lowest BCUT2D eigenvalue weighted by molar-refractivity contribution is 0.468. The summed E-state index contributed by atoms with van der Waals surface area (Å²) in [4.78, 5) is 0. The molecule has 0 saturated heterocycles. The van der Waals surface area contributed by atoms with Crippen molar-refractivity contribution in [3.8, 4) is 0 Å². The molecule has 0 aromatic carbocycles. The zero-order chi connectivity index (χ0) is 4.28. The van der Waals surface area contributed by atoms with E-state index < -0.39 is 0 Å². The molecule has 0 unspecified atom stereocenters. The van der Waals surface area contributed by atoms with E-state index in [0.717, 1.165) is 0 Å². The van der Waals surface area contributed by atoms with Crippen LogP contribution in [0.5, 0.6) is 0 Å². The minimum atomic E-state index is -0.0983. The van der Waals surface area contributed by atoms with Gasteiger partial charge in [-0.2, -0.15) is 0 Å². The van der Waals surface area contributed by atoms with Crippen LogP contribution in [0, 0.1) is 0 Å². The Morgan fingerprint density at radius 2 is 1.50 bits per heavy atom. The molecule has 0 N–H and O–H groups in total. The third-order valence-corrected chi connectivity index (χ3v) is 1.10. The maximum absolute atomic E-state index is 4.81. The first kappa shape index (κ1) is 9.63. The van der Waals surface area contributed by atoms with Crippen LogP contribution in [-0.4, -0.2) is 20.4 Å². The van der Waals surface area contributed by atoms with Crippen LogP contribution in [0.1, 0.15) is 7.43 Å². The molecule has 2 heteroatoms. The van der Waals surface area contributed by atoms with Gasteiger partial charge >= 0.3 is 0 Å². The molecule has 0 spiro atoms. The van der Waals surface area contributed by atoms with E-state index in [-0.39, 0.29) is 15.6 Å². The quantitative estimate of drug-likeness (QED) is 0.466. The summed E-state index contributed by atoms with van der Waals surface area (Å²) in [5.41, 5.74) is 0. The van der Waals surface area contributed by atoms with E-state index in [9.17, 15) is 0 Å². The topological polar surface area (TPSA) is 9.23 Å². The predicted molar refractivity (Wildman–Crippen MR) is 32.5 cm³/mol. The average Bonchev–Trinajstić information content (AvgIpc) is 1.38. The lowest BCUT2D eigenvalue weighted by atomic mass is 11.8. The molecule has 40 valence electrons. The minimum Gasteiger partial charge on any atom is -0.363 e. The molecule has 0 bridgehead atoms. The van der Waals surface area contributed by atoms with Crippen molar-refractivity contribution in [1.82, 2.24) is 0 Å². The third kappa shape index (κ3) is 8.83. The van der Waals surface area contributed by atoms with Crippen molar-refractivity contribution in [3.05, 3.63) is 0 Å². The first-order valence-electron chi connectivity index (χ1n) is 1.49. The zero-order valence-corrected chi connectivity index (χ0v) is 4.75. The fourth-order valence-corrected chi connectivity index (χ4v) is 0. The number of hydrogen-bond acceptors (Lipinski definition) is 1. The highest BCUT2D eigenvalue weighted by molar-refractivity contribution is 7.50. The fourth-order valence-electron chi connectivity index (χ4n) is 0. The normalized spacial score (nSPS) is 8.00. The van der Waals surface area contributed by atoms with Crippen LogP contribution in [0.4, 0.5) is 0 Å². The van der Waals surface area contributed by atoms with Gasteiger partial charge in [0.1, 0.15) is 0 Å². The van der Waals surface area contributed by atoms with E-state index >= 15 is 0 Å². The minimum absolute atomic E-state index is 0. The van der Waals surface area contributed by atoms with Crippen molar-refractivity contribution in [2.75, 3.05) is 20.4 Å². The summed E-state index contributed by atoms with van der Waals surface area (Å²) in [6.45, 7) is 4.13. The van der Waals surface area contributed by atoms with Crippen molar-refractivity contribution in [2.45, 2.75) is 7.43 Å². The molecule has 0 aromatic heterocycles. The predicted octanol–water partition coefficient (Wildman–Crippen LogP) is 1.93. The summed E-state index contributed by atoms with van der Waals surface area (Å²) in [5.74, 6) is 0. The summed E-state index contributed by atoms with van der Waals surface area (Å²) in [6.07, 6.45) is 0. The first-order valence-corrected chi connectivity index (χ1v) is 3.64. The van der Waals surface area contributed by atoms with Gasteiger partial charge in [0.25, 0.3) is 0 Å². The molecule has 0 aliphatic rings. The van der Waals surface area contributed by atoms with Crippen molar-refractivity contribution < 1.29 is 4.52 Å². The van der Waals surface area contributed by atoms with Gasteiger partial charge in [0.05, 0.1) is 0 Å². The molecule has 6 heavy (non-hydrogen) atoms. The second-order valence-electron chi connectivity index (χ2n) is 0.995. The highest BCUT2D eigenvalue weighted by atomic mass is 31.1. The van der Waals surface area contributed by atoms with Crippen molar-refractivity contribution in [1.29, 1.82) is 0 Å². The maximum atomic E-state index is 4.81. The third-order valence-electron chi connectivity index (χ3n) is 0.365. The SMILES string of the molecule is C.COP(C)C. The number of rotatable bonds is 1. The van der Waals surface area contributed by atoms with Gasteiger partial charge in [0.2, 0.25) is 0 Å². The molecule has 0 rings (SSSR count). The standard InChI is InChI=1S/C3H9OP.CH4/c1-4-5(2)3;/h1-3H3;1H4. The van der Waals surface area contributed by atoms with Crippen LogP contribution in [-0.2, 0) is 4.52 Å². The summed E-state index contributed by atoms with van der Waals surface area (Å²) in [7, 11) is 1.63. The second kappa shape index (κ2) is 5.39. The van der Waals surface area contributed by atoms with E-state index in [1.807, 2.05) is 0 Å². The van der Waals surface area contributed by atoms with Gasteiger partial charge in [-0.1, -0.05) is 7.43 Å². The van der Waals surface area contributed by atoms with Gasteiger partial charge in [0, 0.05) is 15.3 Å². The van der Waals surface area contributed by atoms with Crippen LogP contribution in [0.25, 0.3) is 0 Å². The molecule has 1 nitrogen and oxygen atoms in total. The van der Waals surface area contributed by atoms with Gasteiger partial charge in [-0.05, 0) is 13.3 Å². The Hall–Kier alpha value is 0.390. The molecule has 0 aromatic rings. The molecule has 0 aliphatic carbocycles. The highest BCUT2D eigenvalue weighted by Crippen LogP contribution is 2.22. The molecular weight excluding hydrogens is 95.0 g/mol. The van der Waals surface area contributed by atoms with Gasteiger partial charge in [0.15, 0.2) is 0 Å². The molecule has 0 amide bonds. The summed E-state index contributed by atoms with van der Waals surface area (Å²) >= 11 is 0. The Morgan fingerprint density at radius 3 is 1.50 bits per heavy atom. The molecule has 0 atom stereocenters. The van der Waals surface area contributed by atoms with Crippen LogP contribution < -0.4 is 0 Å². The van der Waals surface area contributed by atoms with Gasteiger partial charge in [-0.15, -0.1) is 0 Å². The lowest BCUT2D eigenvalue weighted by Crippen LogP contribution is -1.65. The van der Waals surface area contributed by atoms with Crippen molar-refractivity contribution in [2.24, 2.45) is 0 Å². The van der Waals surface area contributed by atoms with Crippen LogP contribution >= 0.6 is 8.15 Å². The monoisotopic (exact) mass is 108 g/mol. The first-order chi connectivity index (χ1) is 2.27. The number of hydrogen-bond donors (Lipinski definition) is 0. The van der Waals surface area contributed by atoms with E-state index in [1.54, 1.807) is 7.11 Å². The Labute approximate surface area is 41.5 Å². The van der Waals surface area contributed by atoms with E-state index in [1.165, 1.54) is 0 Å². The molecule has 0 heterocycles. The lowest BCUT2D eigenvalue weighted by Gasteiger charge is -1.94. The largest absolute Gasteiger partial charge is 0.363 e. The second-order valence-corrected chi connectivity index (χ2v) is 2.98. The van der Waals surface area contributed by atoms with Gasteiger partial charge < -0.3 is 4.52 Å². The van der Waals surface area contributed by atoms with Crippen LogP contribution in [0.15, 0.2) is 0 Å². The summed E-state index contributed by atoms with van der Waals surface area (Å²) in [5, 5.41) is 0. The van der Waals surface area contributed by atoms with E-state index in [2.05, 4.69) is 13.3 Å². The summed E-state index contributed by atoms with van der Waals surface area (Å²) in [6, 6.07) is 0. The molecule has 0 saturated carbocycles. The Morgan fingerprint density at radius 1 is 1.33 bits per heavy atom.